The summed E-state index contributed by atoms with van der Waals surface area (Å²) < 4.78 is 0. The topological polar surface area (TPSA) is 44.0 Å². The number of aromatic nitrogens is 2. The summed E-state index contributed by atoms with van der Waals surface area (Å²) in [5, 5.41) is 5.46. The van der Waals surface area contributed by atoms with E-state index >= 15 is 0 Å². The molecule has 0 atom stereocenters. The van der Waals surface area contributed by atoms with Crippen molar-refractivity contribution in [3.63, 3.8) is 0 Å². The SMILES string of the molecule is Cc1[nH]c(-c2cccs2)nc1CN1CCNCC1. The summed E-state index contributed by atoms with van der Waals surface area (Å²) in [5.41, 5.74) is 2.37. The number of nitrogens with one attached hydrogen (secondary N) is 2. The summed E-state index contributed by atoms with van der Waals surface area (Å²) in [6.07, 6.45) is 0. The second kappa shape index (κ2) is 5.22. The highest BCUT2D eigenvalue weighted by molar-refractivity contribution is 7.13. The molecule has 0 unspecified atom stereocenters. The minimum atomic E-state index is 0.954. The summed E-state index contributed by atoms with van der Waals surface area (Å²) >= 11 is 1.73. The Morgan fingerprint density at radius 3 is 2.94 bits per heavy atom. The fourth-order valence-electron chi connectivity index (χ4n) is 2.26. The van der Waals surface area contributed by atoms with Crippen LogP contribution < -0.4 is 5.32 Å². The van der Waals surface area contributed by atoms with Gasteiger partial charge in [-0.3, -0.25) is 4.90 Å². The summed E-state index contributed by atoms with van der Waals surface area (Å²) in [5.74, 6) is 1.01. The van der Waals surface area contributed by atoms with Crippen molar-refractivity contribution in [2.24, 2.45) is 0 Å². The highest BCUT2D eigenvalue weighted by atomic mass is 32.1. The Balaban J connectivity index is 1.76. The normalized spacial score (nSPS) is 17.2. The van der Waals surface area contributed by atoms with Crippen LogP contribution in [0.4, 0.5) is 0 Å². The second-order valence-electron chi connectivity index (χ2n) is 4.66. The number of aryl methyl sites for hydroxylation is 1. The molecule has 0 amide bonds. The van der Waals surface area contributed by atoms with Gasteiger partial charge in [-0.25, -0.2) is 4.98 Å². The van der Waals surface area contributed by atoms with Gasteiger partial charge < -0.3 is 10.3 Å². The molecule has 0 aromatic carbocycles. The Labute approximate surface area is 111 Å². The minimum Gasteiger partial charge on any atom is -0.341 e. The molecule has 5 heteroatoms. The van der Waals surface area contributed by atoms with Gasteiger partial charge in [-0.05, 0) is 18.4 Å². The quantitative estimate of drug-likeness (QED) is 0.887. The Bertz CT molecular complexity index is 497. The molecule has 3 rings (SSSR count). The number of thiophene rings is 1. The molecule has 0 bridgehead atoms. The van der Waals surface area contributed by atoms with Gasteiger partial charge in [0.15, 0.2) is 0 Å². The lowest BCUT2D eigenvalue weighted by Crippen LogP contribution is -2.43. The van der Waals surface area contributed by atoms with E-state index in [2.05, 4.69) is 39.6 Å². The predicted octanol–water partition coefficient (Wildman–Crippen LogP) is 1.85. The van der Waals surface area contributed by atoms with Crippen molar-refractivity contribution in [2.45, 2.75) is 13.5 Å². The largest absolute Gasteiger partial charge is 0.341 e. The lowest BCUT2D eigenvalue weighted by molar-refractivity contribution is 0.230. The number of rotatable bonds is 3. The molecule has 0 saturated carbocycles. The van der Waals surface area contributed by atoms with E-state index in [0.29, 0.717) is 0 Å². The molecule has 18 heavy (non-hydrogen) atoms. The Kier molecular flexibility index (Phi) is 3.45. The first-order valence-corrected chi connectivity index (χ1v) is 7.23. The van der Waals surface area contributed by atoms with E-state index in [1.54, 1.807) is 11.3 Å². The summed E-state index contributed by atoms with van der Waals surface area (Å²) in [6.45, 7) is 7.46. The maximum Gasteiger partial charge on any atom is 0.147 e. The van der Waals surface area contributed by atoms with Crippen LogP contribution in [0.5, 0.6) is 0 Å². The van der Waals surface area contributed by atoms with Crippen LogP contribution >= 0.6 is 11.3 Å². The summed E-state index contributed by atoms with van der Waals surface area (Å²) in [7, 11) is 0. The number of hydrogen-bond acceptors (Lipinski definition) is 4. The van der Waals surface area contributed by atoms with Crippen LogP contribution in [0.1, 0.15) is 11.4 Å². The molecule has 96 valence electrons. The third-order valence-corrected chi connectivity index (χ3v) is 4.20. The van der Waals surface area contributed by atoms with Crippen LogP contribution in [0.25, 0.3) is 10.7 Å². The zero-order chi connectivity index (χ0) is 12.4. The molecule has 1 fully saturated rings. The molecule has 1 saturated heterocycles. The third-order valence-electron chi connectivity index (χ3n) is 3.32. The van der Waals surface area contributed by atoms with E-state index in [1.807, 2.05) is 0 Å². The summed E-state index contributed by atoms with van der Waals surface area (Å²) in [6, 6.07) is 4.17. The van der Waals surface area contributed by atoms with E-state index in [4.69, 9.17) is 4.98 Å². The van der Waals surface area contributed by atoms with E-state index in [9.17, 15) is 0 Å². The zero-order valence-electron chi connectivity index (χ0n) is 10.6. The number of aromatic amines is 1. The van der Waals surface area contributed by atoms with Crippen LogP contribution in [0.15, 0.2) is 17.5 Å². The maximum absolute atomic E-state index is 4.74. The lowest BCUT2D eigenvalue weighted by Gasteiger charge is -2.26. The van der Waals surface area contributed by atoms with Gasteiger partial charge in [0.2, 0.25) is 0 Å². The highest BCUT2D eigenvalue weighted by Crippen LogP contribution is 2.23. The van der Waals surface area contributed by atoms with Crippen molar-refractivity contribution >= 4 is 11.3 Å². The molecule has 2 aromatic heterocycles. The van der Waals surface area contributed by atoms with Crippen LogP contribution in [0, 0.1) is 6.92 Å². The molecule has 3 heterocycles. The minimum absolute atomic E-state index is 0.954. The van der Waals surface area contributed by atoms with Gasteiger partial charge in [0.05, 0.1) is 10.6 Å². The van der Waals surface area contributed by atoms with Gasteiger partial charge in [0, 0.05) is 38.4 Å². The molecule has 0 aliphatic carbocycles. The lowest BCUT2D eigenvalue weighted by atomic mass is 10.3. The van der Waals surface area contributed by atoms with Gasteiger partial charge in [0.1, 0.15) is 5.82 Å². The third kappa shape index (κ3) is 2.48. The predicted molar refractivity (Wildman–Crippen MR) is 74.8 cm³/mol. The van der Waals surface area contributed by atoms with E-state index < -0.39 is 0 Å². The Morgan fingerprint density at radius 1 is 1.39 bits per heavy atom. The first kappa shape index (κ1) is 11.9. The first-order valence-electron chi connectivity index (χ1n) is 6.35. The van der Waals surface area contributed by atoms with Crippen LogP contribution in [-0.4, -0.2) is 41.0 Å². The smallest absolute Gasteiger partial charge is 0.147 e. The molecule has 0 spiro atoms. The van der Waals surface area contributed by atoms with E-state index in [-0.39, 0.29) is 0 Å². The number of nitrogens with zero attached hydrogens (tertiary/aromatic N) is 2. The Morgan fingerprint density at radius 2 is 2.22 bits per heavy atom. The first-order chi connectivity index (χ1) is 8.83. The fourth-order valence-corrected chi connectivity index (χ4v) is 2.93. The van der Waals surface area contributed by atoms with E-state index in [1.165, 1.54) is 16.3 Å². The molecular weight excluding hydrogens is 244 g/mol. The van der Waals surface area contributed by atoms with Crippen LogP contribution in [-0.2, 0) is 6.54 Å². The average Bonchev–Trinajstić information content (AvgIpc) is 3.01. The second-order valence-corrected chi connectivity index (χ2v) is 5.61. The van der Waals surface area contributed by atoms with Crippen molar-refractivity contribution < 1.29 is 0 Å². The molecule has 1 aliphatic rings. The van der Waals surface area contributed by atoms with Gasteiger partial charge in [-0.1, -0.05) is 6.07 Å². The number of imidazole rings is 1. The van der Waals surface area contributed by atoms with E-state index in [0.717, 1.165) is 38.5 Å². The van der Waals surface area contributed by atoms with Gasteiger partial charge >= 0.3 is 0 Å². The zero-order valence-corrected chi connectivity index (χ0v) is 11.4. The number of piperazine rings is 1. The average molecular weight is 262 g/mol. The van der Waals surface area contributed by atoms with Gasteiger partial charge in [0.25, 0.3) is 0 Å². The molecular formula is C13H18N4S. The molecule has 2 N–H and O–H groups in total. The van der Waals surface area contributed by atoms with Gasteiger partial charge in [-0.15, -0.1) is 11.3 Å². The highest BCUT2D eigenvalue weighted by Gasteiger charge is 2.14. The molecule has 4 nitrogen and oxygen atoms in total. The molecule has 0 radical (unpaired) electrons. The van der Waals surface area contributed by atoms with Crippen LogP contribution in [0.2, 0.25) is 0 Å². The standard InChI is InChI=1S/C13H18N4S/c1-10-11(9-17-6-4-14-5-7-17)16-13(15-10)12-3-2-8-18-12/h2-3,8,14H,4-7,9H2,1H3,(H,15,16). The van der Waals surface area contributed by atoms with Crippen molar-refractivity contribution in [2.75, 3.05) is 26.2 Å². The number of H-pyrrole nitrogens is 1. The number of hydrogen-bond donors (Lipinski definition) is 2. The Hall–Kier alpha value is -1.17. The maximum atomic E-state index is 4.74. The fraction of sp³-hybridized carbons (Fsp3) is 0.462. The molecule has 1 aliphatic heterocycles. The summed E-state index contributed by atoms with van der Waals surface area (Å²) in [4.78, 5) is 11.8. The van der Waals surface area contributed by atoms with Crippen LogP contribution in [0.3, 0.4) is 0 Å². The molecule has 2 aromatic rings. The van der Waals surface area contributed by atoms with Crippen molar-refractivity contribution in [3.05, 3.63) is 28.9 Å². The van der Waals surface area contributed by atoms with Crippen molar-refractivity contribution in [1.29, 1.82) is 0 Å². The van der Waals surface area contributed by atoms with Crippen molar-refractivity contribution in [1.82, 2.24) is 20.2 Å². The monoisotopic (exact) mass is 262 g/mol. The van der Waals surface area contributed by atoms with Gasteiger partial charge in [-0.2, -0.15) is 0 Å². The van der Waals surface area contributed by atoms with Crippen molar-refractivity contribution in [3.8, 4) is 10.7 Å².